The molecular formula is C18H18O6. The van der Waals surface area contributed by atoms with E-state index < -0.39 is 5.97 Å². The summed E-state index contributed by atoms with van der Waals surface area (Å²) in [7, 11) is 4.35. The second-order valence-electron chi connectivity index (χ2n) is 4.87. The zero-order valence-electron chi connectivity index (χ0n) is 13.6. The van der Waals surface area contributed by atoms with E-state index in [4.69, 9.17) is 14.2 Å². The van der Waals surface area contributed by atoms with Crippen LogP contribution in [-0.4, -0.2) is 37.5 Å². The topological polar surface area (TPSA) is 85.2 Å². The summed E-state index contributed by atoms with van der Waals surface area (Å²) in [5, 5.41) is 19.4. The summed E-state index contributed by atoms with van der Waals surface area (Å²) >= 11 is 0. The van der Waals surface area contributed by atoms with Gasteiger partial charge in [0.25, 0.3) is 0 Å². The maximum Gasteiger partial charge on any atom is 0.336 e. The van der Waals surface area contributed by atoms with Crippen molar-refractivity contribution in [3.63, 3.8) is 0 Å². The van der Waals surface area contributed by atoms with E-state index in [-0.39, 0.29) is 22.8 Å². The van der Waals surface area contributed by atoms with E-state index in [1.54, 1.807) is 24.3 Å². The van der Waals surface area contributed by atoms with Gasteiger partial charge in [0.2, 0.25) is 5.75 Å². The highest BCUT2D eigenvalue weighted by Crippen LogP contribution is 2.38. The van der Waals surface area contributed by atoms with E-state index in [0.717, 1.165) is 0 Å². The first-order valence-corrected chi connectivity index (χ1v) is 7.04. The van der Waals surface area contributed by atoms with E-state index in [2.05, 4.69) is 0 Å². The Labute approximate surface area is 139 Å². The fourth-order valence-corrected chi connectivity index (χ4v) is 2.20. The molecule has 0 atom stereocenters. The molecule has 0 saturated heterocycles. The quantitative estimate of drug-likeness (QED) is 0.625. The highest BCUT2D eigenvalue weighted by molar-refractivity contribution is 6.20. The van der Waals surface area contributed by atoms with Crippen molar-refractivity contribution in [1.82, 2.24) is 0 Å². The summed E-state index contributed by atoms with van der Waals surface area (Å²) in [4.78, 5) is 11.6. The van der Waals surface area contributed by atoms with E-state index in [9.17, 15) is 15.0 Å². The smallest absolute Gasteiger partial charge is 0.336 e. The number of hydrogen-bond donors (Lipinski definition) is 2. The second kappa shape index (κ2) is 7.41. The highest BCUT2D eigenvalue weighted by Gasteiger charge is 2.14. The second-order valence-corrected chi connectivity index (χ2v) is 4.87. The van der Waals surface area contributed by atoms with Crippen molar-refractivity contribution >= 4 is 17.6 Å². The molecule has 0 amide bonds. The fraction of sp³-hybridized carbons (Fsp3) is 0.167. The Hall–Kier alpha value is -3.15. The van der Waals surface area contributed by atoms with Crippen LogP contribution in [0.25, 0.3) is 11.6 Å². The van der Waals surface area contributed by atoms with Crippen LogP contribution in [0.15, 0.2) is 36.4 Å². The number of aromatic hydroxyl groups is 1. The van der Waals surface area contributed by atoms with E-state index in [1.165, 1.54) is 39.5 Å². The van der Waals surface area contributed by atoms with Gasteiger partial charge in [0.1, 0.15) is 5.75 Å². The molecule has 2 rings (SSSR count). The summed E-state index contributed by atoms with van der Waals surface area (Å²) in [6.07, 6.45) is 1.48. The van der Waals surface area contributed by atoms with Gasteiger partial charge in [-0.2, -0.15) is 0 Å². The number of methoxy groups -OCH3 is 3. The van der Waals surface area contributed by atoms with E-state index in [0.29, 0.717) is 16.9 Å². The van der Waals surface area contributed by atoms with Crippen LogP contribution in [0, 0.1) is 0 Å². The van der Waals surface area contributed by atoms with Gasteiger partial charge in [0.15, 0.2) is 11.5 Å². The minimum absolute atomic E-state index is 0.0902. The average Bonchev–Trinajstić information content (AvgIpc) is 2.60. The largest absolute Gasteiger partial charge is 0.502 e. The molecule has 6 nitrogen and oxygen atoms in total. The van der Waals surface area contributed by atoms with Crippen molar-refractivity contribution < 1.29 is 29.2 Å². The molecule has 0 radical (unpaired) electrons. The lowest BCUT2D eigenvalue weighted by atomic mass is 10.0. The number of hydrogen-bond acceptors (Lipinski definition) is 5. The molecule has 24 heavy (non-hydrogen) atoms. The predicted octanol–water partition coefficient (Wildman–Crippen LogP) is 3.04. The zero-order chi connectivity index (χ0) is 17.7. The number of carbonyl (C=O) groups is 1. The Morgan fingerprint density at radius 3 is 1.92 bits per heavy atom. The first-order chi connectivity index (χ1) is 11.5. The van der Waals surface area contributed by atoms with Gasteiger partial charge in [-0.15, -0.1) is 0 Å². The van der Waals surface area contributed by atoms with E-state index in [1.807, 2.05) is 0 Å². The number of rotatable bonds is 6. The third-order valence-electron chi connectivity index (χ3n) is 3.44. The van der Waals surface area contributed by atoms with Gasteiger partial charge in [-0.1, -0.05) is 12.1 Å². The van der Waals surface area contributed by atoms with Crippen LogP contribution in [0.1, 0.15) is 11.1 Å². The molecular weight excluding hydrogens is 312 g/mol. The van der Waals surface area contributed by atoms with Gasteiger partial charge in [-0.3, -0.25) is 0 Å². The molecule has 0 bridgehead atoms. The van der Waals surface area contributed by atoms with Crippen molar-refractivity contribution in [2.75, 3.05) is 21.3 Å². The monoisotopic (exact) mass is 330 g/mol. The van der Waals surface area contributed by atoms with Crippen molar-refractivity contribution in [1.29, 1.82) is 0 Å². The molecule has 0 saturated carbocycles. The number of carboxylic acid groups (broad SMARTS) is 1. The van der Waals surface area contributed by atoms with Crippen LogP contribution in [0.5, 0.6) is 23.0 Å². The molecule has 0 heterocycles. The summed E-state index contributed by atoms with van der Waals surface area (Å²) < 4.78 is 15.2. The minimum Gasteiger partial charge on any atom is -0.502 e. The number of ether oxygens (including phenoxy) is 3. The number of phenols is 1. The minimum atomic E-state index is -1.08. The highest BCUT2D eigenvalue weighted by atomic mass is 16.5. The molecule has 0 fully saturated rings. The molecule has 2 aromatic carbocycles. The zero-order valence-corrected chi connectivity index (χ0v) is 13.6. The standard InChI is InChI=1S/C18H18O6/c1-22-13-6-4-12(5-7-13)14(18(20)21)8-11-9-15(23-2)17(19)16(10-11)24-3/h4-10,19H,1-3H3,(H,20,21)/b14-8-. The number of benzene rings is 2. The summed E-state index contributed by atoms with van der Waals surface area (Å²) in [5.41, 5.74) is 1.14. The van der Waals surface area contributed by atoms with Crippen LogP contribution in [0.4, 0.5) is 0 Å². The maximum absolute atomic E-state index is 11.6. The van der Waals surface area contributed by atoms with Crippen molar-refractivity contribution in [2.24, 2.45) is 0 Å². The van der Waals surface area contributed by atoms with Crippen LogP contribution < -0.4 is 14.2 Å². The van der Waals surface area contributed by atoms with Crippen molar-refractivity contribution in [2.45, 2.75) is 0 Å². The van der Waals surface area contributed by atoms with Crippen molar-refractivity contribution in [3.8, 4) is 23.0 Å². The van der Waals surface area contributed by atoms with Gasteiger partial charge < -0.3 is 24.4 Å². The Bertz CT molecular complexity index is 737. The predicted molar refractivity (Wildman–Crippen MR) is 89.7 cm³/mol. The van der Waals surface area contributed by atoms with Gasteiger partial charge in [-0.05, 0) is 41.5 Å². The number of aliphatic carboxylic acids is 1. The Kier molecular flexibility index (Phi) is 5.31. The summed E-state index contributed by atoms with van der Waals surface area (Å²) in [6.45, 7) is 0. The molecule has 2 aromatic rings. The van der Waals surface area contributed by atoms with Gasteiger partial charge in [-0.25, -0.2) is 4.79 Å². The Balaban J connectivity index is 2.53. The number of phenolic OH excluding ortho intramolecular Hbond substituents is 1. The first kappa shape index (κ1) is 17.2. The molecule has 126 valence electrons. The average molecular weight is 330 g/mol. The molecule has 0 aromatic heterocycles. The van der Waals surface area contributed by atoms with Crippen LogP contribution >= 0.6 is 0 Å². The molecule has 2 N–H and O–H groups in total. The van der Waals surface area contributed by atoms with Gasteiger partial charge in [0, 0.05) is 0 Å². The maximum atomic E-state index is 11.6. The van der Waals surface area contributed by atoms with Gasteiger partial charge >= 0.3 is 5.97 Å². The normalized spacial score (nSPS) is 11.0. The third-order valence-corrected chi connectivity index (χ3v) is 3.44. The molecule has 0 aliphatic rings. The lowest BCUT2D eigenvalue weighted by Gasteiger charge is -2.10. The number of carboxylic acids is 1. The lowest BCUT2D eigenvalue weighted by Crippen LogP contribution is -2.00. The fourth-order valence-electron chi connectivity index (χ4n) is 2.20. The third kappa shape index (κ3) is 3.60. The Morgan fingerprint density at radius 1 is 0.958 bits per heavy atom. The Morgan fingerprint density at radius 2 is 1.50 bits per heavy atom. The molecule has 0 aliphatic heterocycles. The lowest BCUT2D eigenvalue weighted by molar-refractivity contribution is -0.130. The summed E-state index contributed by atoms with van der Waals surface area (Å²) in [6, 6.07) is 9.75. The first-order valence-electron chi connectivity index (χ1n) is 7.04. The van der Waals surface area contributed by atoms with Crippen LogP contribution in [0.2, 0.25) is 0 Å². The van der Waals surface area contributed by atoms with Gasteiger partial charge in [0.05, 0.1) is 26.9 Å². The van der Waals surface area contributed by atoms with Crippen LogP contribution in [-0.2, 0) is 4.79 Å². The molecule has 0 unspecified atom stereocenters. The van der Waals surface area contributed by atoms with Crippen LogP contribution in [0.3, 0.4) is 0 Å². The molecule has 0 spiro atoms. The molecule has 6 heteroatoms. The molecule has 0 aliphatic carbocycles. The SMILES string of the molecule is COc1ccc(/C(=C/c2cc(OC)c(O)c(OC)c2)C(=O)O)cc1. The van der Waals surface area contributed by atoms with E-state index >= 15 is 0 Å². The van der Waals surface area contributed by atoms with Crippen molar-refractivity contribution in [3.05, 3.63) is 47.5 Å². The summed E-state index contributed by atoms with van der Waals surface area (Å²) in [5.74, 6) is -0.193.